The molecule has 0 aromatic heterocycles. The molecule has 0 spiro atoms. The van der Waals surface area contributed by atoms with E-state index in [0.29, 0.717) is 11.4 Å². The van der Waals surface area contributed by atoms with Crippen LogP contribution in [0.25, 0.3) is 10.8 Å². The van der Waals surface area contributed by atoms with Crippen LogP contribution in [0.2, 0.25) is 0 Å². The summed E-state index contributed by atoms with van der Waals surface area (Å²) in [5.41, 5.74) is 0.832. The summed E-state index contributed by atoms with van der Waals surface area (Å²) >= 11 is 0. The molecule has 0 N–H and O–H groups in total. The van der Waals surface area contributed by atoms with Crippen LogP contribution in [0.5, 0.6) is 0 Å². The van der Waals surface area contributed by atoms with E-state index in [4.69, 9.17) is 9.47 Å². The minimum Gasteiger partial charge on any atom is -0.443 e. The Morgan fingerprint density at radius 1 is 0.818 bits per heavy atom. The quantitative estimate of drug-likeness (QED) is 0.443. The molecule has 0 unspecified atom stereocenters. The SMILES string of the molecule is C=CCN(C(=O)OC(C)(C)C)c1cc(N(CC=C)C(=O)OC(C)(C)C)c2ccccc2c1C. The van der Waals surface area contributed by atoms with Crippen molar-refractivity contribution >= 4 is 34.3 Å². The predicted molar refractivity (Wildman–Crippen MR) is 136 cm³/mol. The maximum absolute atomic E-state index is 13.1. The van der Waals surface area contributed by atoms with Crippen molar-refractivity contribution in [3.05, 3.63) is 61.2 Å². The van der Waals surface area contributed by atoms with Crippen LogP contribution in [0.4, 0.5) is 21.0 Å². The van der Waals surface area contributed by atoms with Gasteiger partial charge in [0.1, 0.15) is 11.2 Å². The minimum atomic E-state index is -0.661. The number of amides is 2. The monoisotopic (exact) mass is 452 g/mol. The molecular weight excluding hydrogens is 416 g/mol. The van der Waals surface area contributed by atoms with Crippen molar-refractivity contribution in [2.45, 2.75) is 59.7 Å². The Labute approximate surface area is 197 Å². The van der Waals surface area contributed by atoms with Crippen molar-refractivity contribution in [3.63, 3.8) is 0 Å². The Kier molecular flexibility index (Phi) is 7.96. The van der Waals surface area contributed by atoms with Gasteiger partial charge in [0.05, 0.1) is 11.4 Å². The molecule has 2 rings (SSSR count). The normalized spacial score (nSPS) is 11.6. The molecule has 0 aliphatic rings. The van der Waals surface area contributed by atoms with Crippen LogP contribution < -0.4 is 9.80 Å². The highest BCUT2D eigenvalue weighted by Crippen LogP contribution is 2.37. The van der Waals surface area contributed by atoms with Gasteiger partial charge in [0.15, 0.2) is 0 Å². The van der Waals surface area contributed by atoms with Crippen molar-refractivity contribution < 1.29 is 19.1 Å². The fourth-order valence-corrected chi connectivity index (χ4v) is 3.43. The number of aryl methyl sites for hydroxylation is 1. The average molecular weight is 453 g/mol. The van der Waals surface area contributed by atoms with Gasteiger partial charge >= 0.3 is 12.2 Å². The molecule has 2 aromatic rings. The topological polar surface area (TPSA) is 59.1 Å². The van der Waals surface area contributed by atoms with Crippen molar-refractivity contribution in [2.75, 3.05) is 22.9 Å². The summed E-state index contributed by atoms with van der Waals surface area (Å²) in [7, 11) is 0. The Balaban J connectivity index is 2.76. The summed E-state index contributed by atoms with van der Waals surface area (Å²) < 4.78 is 11.3. The lowest BCUT2D eigenvalue weighted by Crippen LogP contribution is -2.39. The predicted octanol–water partition coefficient (Wildman–Crippen LogP) is 7.00. The molecular formula is C27H36N2O4. The van der Waals surface area contributed by atoms with Crippen molar-refractivity contribution in [1.29, 1.82) is 0 Å². The van der Waals surface area contributed by atoms with Gasteiger partial charge in [-0.15, -0.1) is 13.2 Å². The van der Waals surface area contributed by atoms with E-state index < -0.39 is 23.4 Å². The summed E-state index contributed by atoms with van der Waals surface area (Å²) in [4.78, 5) is 29.3. The zero-order valence-corrected chi connectivity index (χ0v) is 20.9. The highest BCUT2D eigenvalue weighted by molar-refractivity contribution is 6.07. The first-order valence-electron chi connectivity index (χ1n) is 11.0. The van der Waals surface area contributed by atoms with Gasteiger partial charge < -0.3 is 9.47 Å². The fraction of sp³-hybridized carbons (Fsp3) is 0.407. The molecule has 2 aromatic carbocycles. The van der Waals surface area contributed by atoms with Gasteiger partial charge in [-0.2, -0.15) is 0 Å². The molecule has 0 saturated carbocycles. The molecule has 0 radical (unpaired) electrons. The van der Waals surface area contributed by atoms with E-state index in [-0.39, 0.29) is 13.1 Å². The third-order valence-electron chi connectivity index (χ3n) is 4.70. The van der Waals surface area contributed by atoms with Crippen LogP contribution >= 0.6 is 0 Å². The molecule has 6 heteroatoms. The lowest BCUT2D eigenvalue weighted by atomic mass is 10.00. The largest absolute Gasteiger partial charge is 0.443 e. The van der Waals surface area contributed by atoms with Crippen LogP contribution in [0.3, 0.4) is 0 Å². The molecule has 33 heavy (non-hydrogen) atoms. The molecule has 0 aliphatic carbocycles. The number of rotatable bonds is 6. The maximum atomic E-state index is 13.1. The third-order valence-corrected chi connectivity index (χ3v) is 4.70. The van der Waals surface area contributed by atoms with Gasteiger partial charge in [-0.1, -0.05) is 36.4 Å². The smallest absolute Gasteiger partial charge is 0.415 e. The second-order valence-electron chi connectivity index (χ2n) is 9.84. The summed E-state index contributed by atoms with van der Waals surface area (Å²) in [5.74, 6) is 0. The Bertz CT molecular complexity index is 1040. The third kappa shape index (κ3) is 6.60. The molecule has 178 valence electrons. The number of anilines is 2. The van der Waals surface area contributed by atoms with Crippen LogP contribution in [0.1, 0.15) is 47.1 Å². The van der Waals surface area contributed by atoms with Gasteiger partial charge in [0, 0.05) is 18.5 Å². The average Bonchev–Trinajstić information content (AvgIpc) is 2.69. The van der Waals surface area contributed by atoms with E-state index in [0.717, 1.165) is 16.3 Å². The van der Waals surface area contributed by atoms with E-state index in [1.165, 1.54) is 9.80 Å². The molecule has 6 nitrogen and oxygen atoms in total. The first-order valence-corrected chi connectivity index (χ1v) is 11.0. The Morgan fingerprint density at radius 2 is 1.24 bits per heavy atom. The first-order chi connectivity index (χ1) is 15.3. The van der Waals surface area contributed by atoms with Gasteiger partial charge in [0.2, 0.25) is 0 Å². The highest BCUT2D eigenvalue weighted by Gasteiger charge is 2.28. The lowest BCUT2D eigenvalue weighted by molar-refractivity contribution is 0.0575. The molecule has 0 bridgehead atoms. The van der Waals surface area contributed by atoms with E-state index in [1.807, 2.05) is 78.8 Å². The first kappa shape index (κ1) is 26.0. The number of hydrogen-bond acceptors (Lipinski definition) is 4. The van der Waals surface area contributed by atoms with Gasteiger partial charge in [-0.05, 0) is 65.5 Å². The van der Waals surface area contributed by atoms with Crippen LogP contribution in [-0.2, 0) is 9.47 Å². The molecule has 0 atom stereocenters. The minimum absolute atomic E-state index is 0.245. The molecule has 0 saturated heterocycles. The molecule has 0 fully saturated rings. The van der Waals surface area contributed by atoms with Gasteiger partial charge in [0.25, 0.3) is 0 Å². The van der Waals surface area contributed by atoms with Crippen molar-refractivity contribution in [1.82, 2.24) is 0 Å². The highest BCUT2D eigenvalue weighted by atomic mass is 16.6. The second kappa shape index (κ2) is 10.1. The number of benzene rings is 2. The van der Waals surface area contributed by atoms with Gasteiger partial charge in [-0.25, -0.2) is 9.59 Å². The number of hydrogen-bond donors (Lipinski definition) is 0. The van der Waals surface area contributed by atoms with Crippen molar-refractivity contribution in [3.8, 4) is 0 Å². The van der Waals surface area contributed by atoms with Gasteiger partial charge in [-0.3, -0.25) is 9.80 Å². The van der Waals surface area contributed by atoms with Crippen LogP contribution in [0, 0.1) is 6.92 Å². The zero-order valence-electron chi connectivity index (χ0n) is 20.9. The summed E-state index contributed by atoms with van der Waals surface area (Å²) in [5, 5.41) is 1.79. The summed E-state index contributed by atoms with van der Waals surface area (Å²) in [6.45, 7) is 21.0. The van der Waals surface area contributed by atoms with E-state index in [2.05, 4.69) is 13.2 Å². The molecule has 0 heterocycles. The standard InChI is InChI=1S/C27H36N2O4/c1-10-16-28(24(30)32-26(4,5)6)22-18-23(21-15-13-12-14-20(21)19(22)3)29(17-11-2)25(31)33-27(7,8)9/h10-15,18H,1-2,16-17H2,3-9H3. The Hall–Kier alpha value is -3.28. The van der Waals surface area contributed by atoms with Crippen molar-refractivity contribution in [2.24, 2.45) is 0 Å². The summed E-state index contributed by atoms with van der Waals surface area (Å²) in [6.07, 6.45) is 2.32. The maximum Gasteiger partial charge on any atom is 0.415 e. The lowest BCUT2D eigenvalue weighted by Gasteiger charge is -2.31. The Morgan fingerprint density at radius 3 is 1.67 bits per heavy atom. The molecule has 2 amide bonds. The number of fused-ring (bicyclic) bond motifs is 1. The second-order valence-corrected chi connectivity index (χ2v) is 9.84. The van der Waals surface area contributed by atoms with E-state index >= 15 is 0 Å². The number of carbonyl (C=O) groups excluding carboxylic acids is 2. The molecule has 0 aliphatic heterocycles. The van der Waals surface area contributed by atoms with E-state index in [1.54, 1.807) is 12.2 Å². The van der Waals surface area contributed by atoms with E-state index in [9.17, 15) is 9.59 Å². The zero-order chi connectivity index (χ0) is 25.0. The van der Waals surface area contributed by atoms with Crippen LogP contribution in [0.15, 0.2) is 55.6 Å². The van der Waals surface area contributed by atoms with Crippen LogP contribution in [-0.4, -0.2) is 36.5 Å². The fourth-order valence-electron chi connectivity index (χ4n) is 3.43. The number of carbonyl (C=O) groups is 2. The summed E-state index contributed by atoms with van der Waals surface area (Å²) in [6, 6.07) is 9.60. The number of nitrogens with zero attached hydrogens (tertiary/aromatic N) is 2. The number of ether oxygens (including phenoxy) is 2.